The maximum Gasteiger partial charge on any atom is 0.412 e. The highest BCUT2D eigenvalue weighted by molar-refractivity contribution is 7.92. The zero-order chi connectivity index (χ0) is 23.1. The SMILES string of the molecule is CCOC(=O)Nc1cc(N2CCN(CC(=O)c3ccc(NS(C)(=O)=O)cc3)CC2)ccn1. The molecule has 0 saturated carbocycles. The summed E-state index contributed by atoms with van der Waals surface area (Å²) in [5.41, 5.74) is 1.90. The zero-order valence-corrected chi connectivity index (χ0v) is 18.9. The van der Waals surface area contributed by atoms with E-state index in [-0.39, 0.29) is 12.4 Å². The second kappa shape index (κ2) is 10.4. The van der Waals surface area contributed by atoms with Crippen molar-refractivity contribution in [2.45, 2.75) is 6.92 Å². The Morgan fingerprint density at radius 3 is 2.41 bits per heavy atom. The fourth-order valence-corrected chi connectivity index (χ4v) is 3.92. The van der Waals surface area contributed by atoms with Gasteiger partial charge in [-0.1, -0.05) is 0 Å². The van der Waals surface area contributed by atoms with Crippen molar-refractivity contribution in [2.75, 3.05) is 60.5 Å². The third-order valence-electron chi connectivity index (χ3n) is 4.86. The number of Topliss-reactive ketones (excluding diaryl/α,β-unsaturated/α-hetero) is 1. The molecule has 0 spiro atoms. The van der Waals surface area contributed by atoms with Crippen LogP contribution in [0.3, 0.4) is 0 Å². The van der Waals surface area contributed by atoms with Gasteiger partial charge in [0.25, 0.3) is 0 Å². The predicted molar refractivity (Wildman–Crippen MR) is 123 cm³/mol. The first-order valence-corrected chi connectivity index (χ1v) is 12.1. The monoisotopic (exact) mass is 461 g/mol. The van der Waals surface area contributed by atoms with E-state index in [0.29, 0.717) is 36.7 Å². The van der Waals surface area contributed by atoms with E-state index in [9.17, 15) is 18.0 Å². The molecule has 0 bridgehead atoms. The molecule has 1 aliphatic rings. The molecule has 2 N–H and O–H groups in total. The molecule has 0 atom stereocenters. The molecule has 10 nitrogen and oxygen atoms in total. The maximum atomic E-state index is 12.6. The minimum Gasteiger partial charge on any atom is -0.450 e. The minimum absolute atomic E-state index is 0.0193. The summed E-state index contributed by atoms with van der Waals surface area (Å²) in [5, 5.41) is 2.60. The molecule has 0 unspecified atom stereocenters. The number of nitrogens with zero attached hydrogens (tertiary/aromatic N) is 3. The van der Waals surface area contributed by atoms with Gasteiger partial charge >= 0.3 is 6.09 Å². The zero-order valence-electron chi connectivity index (χ0n) is 18.1. The number of hydrogen-bond acceptors (Lipinski definition) is 8. The van der Waals surface area contributed by atoms with Crippen LogP contribution in [0.15, 0.2) is 42.6 Å². The quantitative estimate of drug-likeness (QED) is 0.573. The third-order valence-corrected chi connectivity index (χ3v) is 5.47. The lowest BCUT2D eigenvalue weighted by Crippen LogP contribution is -2.48. The number of piperazine rings is 1. The van der Waals surface area contributed by atoms with Gasteiger partial charge in [-0.25, -0.2) is 18.2 Å². The lowest BCUT2D eigenvalue weighted by atomic mass is 10.1. The average Bonchev–Trinajstić information content (AvgIpc) is 2.74. The molecule has 1 saturated heterocycles. The van der Waals surface area contributed by atoms with Gasteiger partial charge in [-0.3, -0.25) is 19.7 Å². The third kappa shape index (κ3) is 6.92. The summed E-state index contributed by atoms with van der Waals surface area (Å²) in [6, 6.07) is 10.1. The van der Waals surface area contributed by atoms with Gasteiger partial charge in [0.1, 0.15) is 5.82 Å². The summed E-state index contributed by atoms with van der Waals surface area (Å²) in [4.78, 5) is 32.6. The smallest absolute Gasteiger partial charge is 0.412 e. The number of ether oxygens (including phenoxy) is 1. The number of benzene rings is 1. The first-order chi connectivity index (χ1) is 15.2. The second-order valence-corrected chi connectivity index (χ2v) is 9.13. The number of carbonyl (C=O) groups excluding carboxylic acids is 2. The second-order valence-electron chi connectivity index (χ2n) is 7.38. The topological polar surface area (TPSA) is 121 Å². The molecule has 32 heavy (non-hydrogen) atoms. The van der Waals surface area contributed by atoms with Gasteiger partial charge in [-0.15, -0.1) is 0 Å². The molecule has 3 rings (SSSR count). The Morgan fingerprint density at radius 2 is 1.78 bits per heavy atom. The van der Waals surface area contributed by atoms with E-state index in [1.54, 1.807) is 43.5 Å². The number of ketones is 1. The van der Waals surface area contributed by atoms with Crippen molar-refractivity contribution in [1.82, 2.24) is 9.88 Å². The van der Waals surface area contributed by atoms with Crippen molar-refractivity contribution in [3.05, 3.63) is 48.2 Å². The highest BCUT2D eigenvalue weighted by atomic mass is 32.2. The Labute approximate surface area is 187 Å². The van der Waals surface area contributed by atoms with Crippen LogP contribution in [0, 0.1) is 0 Å². The van der Waals surface area contributed by atoms with Crippen LogP contribution < -0.4 is 14.9 Å². The maximum absolute atomic E-state index is 12.6. The molecule has 1 amide bonds. The molecule has 1 fully saturated rings. The average molecular weight is 462 g/mol. The Bertz CT molecular complexity index is 1050. The fourth-order valence-electron chi connectivity index (χ4n) is 3.35. The van der Waals surface area contributed by atoms with Crippen molar-refractivity contribution < 1.29 is 22.7 Å². The minimum atomic E-state index is -3.35. The summed E-state index contributed by atoms with van der Waals surface area (Å²) in [6.07, 6.45) is 2.17. The van der Waals surface area contributed by atoms with Crippen molar-refractivity contribution in [3.63, 3.8) is 0 Å². The molecule has 172 valence electrons. The number of amides is 1. The van der Waals surface area contributed by atoms with Gasteiger partial charge in [-0.05, 0) is 37.3 Å². The Kier molecular flexibility index (Phi) is 7.65. The molecule has 1 aromatic heterocycles. The van der Waals surface area contributed by atoms with Crippen LogP contribution >= 0.6 is 0 Å². The van der Waals surface area contributed by atoms with Crippen LogP contribution in [-0.4, -0.2) is 75.8 Å². The summed E-state index contributed by atoms with van der Waals surface area (Å²) < 4.78 is 29.8. The summed E-state index contributed by atoms with van der Waals surface area (Å²) in [5.74, 6) is 0.404. The van der Waals surface area contributed by atoms with Crippen molar-refractivity contribution >= 4 is 39.1 Å². The van der Waals surface area contributed by atoms with Crippen LogP contribution in [-0.2, 0) is 14.8 Å². The Balaban J connectivity index is 1.51. The van der Waals surface area contributed by atoms with Crippen LogP contribution in [0.2, 0.25) is 0 Å². The van der Waals surface area contributed by atoms with E-state index in [1.807, 2.05) is 6.07 Å². The molecule has 0 aliphatic carbocycles. The van der Waals surface area contributed by atoms with Crippen LogP contribution in [0.5, 0.6) is 0 Å². The number of sulfonamides is 1. The summed E-state index contributed by atoms with van der Waals surface area (Å²) in [6.45, 7) is 5.19. The van der Waals surface area contributed by atoms with Crippen LogP contribution in [0.1, 0.15) is 17.3 Å². The summed E-state index contributed by atoms with van der Waals surface area (Å²) in [7, 11) is -3.35. The lowest BCUT2D eigenvalue weighted by molar-refractivity contribution is 0.0926. The van der Waals surface area contributed by atoms with E-state index in [1.165, 1.54) is 0 Å². The van der Waals surface area contributed by atoms with Crippen molar-refractivity contribution in [2.24, 2.45) is 0 Å². The van der Waals surface area contributed by atoms with Gasteiger partial charge in [-0.2, -0.15) is 0 Å². The predicted octanol–water partition coefficient (Wildman–Crippen LogP) is 2.03. The van der Waals surface area contributed by atoms with Crippen molar-refractivity contribution in [1.29, 1.82) is 0 Å². The number of nitrogens with one attached hydrogen (secondary N) is 2. The normalized spacial score (nSPS) is 14.6. The Hall–Kier alpha value is -3.18. The number of hydrogen-bond donors (Lipinski definition) is 2. The van der Waals surface area contributed by atoms with Gasteiger partial charge in [0.2, 0.25) is 10.0 Å². The molecule has 2 heterocycles. The largest absolute Gasteiger partial charge is 0.450 e. The van der Waals surface area contributed by atoms with Gasteiger partial charge < -0.3 is 9.64 Å². The highest BCUT2D eigenvalue weighted by Gasteiger charge is 2.20. The molecule has 1 aliphatic heterocycles. The summed E-state index contributed by atoms with van der Waals surface area (Å²) >= 11 is 0. The first kappa shape index (κ1) is 23.5. The molecular formula is C21H27N5O5S. The highest BCUT2D eigenvalue weighted by Crippen LogP contribution is 2.19. The van der Waals surface area contributed by atoms with Gasteiger partial charge in [0, 0.05) is 55.4 Å². The Morgan fingerprint density at radius 1 is 1.09 bits per heavy atom. The lowest BCUT2D eigenvalue weighted by Gasteiger charge is -2.35. The molecule has 11 heteroatoms. The van der Waals surface area contributed by atoms with E-state index in [0.717, 1.165) is 25.0 Å². The number of aromatic nitrogens is 1. The van der Waals surface area contributed by atoms with E-state index in [2.05, 4.69) is 24.8 Å². The number of anilines is 3. The number of carbonyl (C=O) groups is 2. The number of pyridine rings is 1. The van der Waals surface area contributed by atoms with E-state index < -0.39 is 16.1 Å². The fraction of sp³-hybridized carbons (Fsp3) is 0.381. The van der Waals surface area contributed by atoms with Gasteiger partial charge in [0.05, 0.1) is 19.4 Å². The standard InChI is InChI=1S/C21H27N5O5S/c1-3-31-21(28)23-20-14-18(8-9-22-20)26-12-10-25(11-13-26)15-19(27)16-4-6-17(7-5-16)24-32(2,29)30/h4-9,14,24H,3,10-13,15H2,1-2H3,(H,22,23,28). The molecule has 2 aromatic rings. The van der Waals surface area contributed by atoms with E-state index in [4.69, 9.17) is 4.74 Å². The molecular weight excluding hydrogens is 434 g/mol. The van der Waals surface area contributed by atoms with E-state index >= 15 is 0 Å². The van der Waals surface area contributed by atoms with Gasteiger partial charge in [0.15, 0.2) is 5.78 Å². The molecule has 0 radical (unpaired) electrons. The first-order valence-electron chi connectivity index (χ1n) is 10.2. The van der Waals surface area contributed by atoms with Crippen LogP contribution in [0.4, 0.5) is 22.0 Å². The molecule has 1 aromatic carbocycles. The number of rotatable bonds is 8. The van der Waals surface area contributed by atoms with Crippen LogP contribution in [0.25, 0.3) is 0 Å². The van der Waals surface area contributed by atoms with Crippen molar-refractivity contribution in [3.8, 4) is 0 Å².